The van der Waals surface area contributed by atoms with Crippen LogP contribution in [0.1, 0.15) is 44.9 Å². The molecule has 2 saturated heterocycles. The van der Waals surface area contributed by atoms with Crippen LogP contribution in [0.15, 0.2) is 0 Å². The first-order chi connectivity index (χ1) is 7.37. The first kappa shape index (κ1) is 9.00. The van der Waals surface area contributed by atoms with Crippen LogP contribution in [0, 0.1) is 11.8 Å². The van der Waals surface area contributed by atoms with Crippen LogP contribution < -0.4 is 0 Å². The van der Waals surface area contributed by atoms with Gasteiger partial charge in [0, 0.05) is 12.5 Å². The van der Waals surface area contributed by atoms with E-state index in [1.54, 1.807) is 0 Å². The van der Waals surface area contributed by atoms with E-state index in [2.05, 4.69) is 0 Å². The molecule has 2 heterocycles. The molecule has 15 heavy (non-hydrogen) atoms. The maximum atomic E-state index is 6.25. The fourth-order valence-electron chi connectivity index (χ4n) is 4.90. The van der Waals surface area contributed by atoms with E-state index in [9.17, 15) is 0 Å². The lowest BCUT2D eigenvalue weighted by Gasteiger charge is -2.55. The van der Waals surface area contributed by atoms with Crippen molar-refractivity contribution in [3.05, 3.63) is 0 Å². The van der Waals surface area contributed by atoms with Gasteiger partial charge >= 0.3 is 0 Å². The Kier molecular flexibility index (Phi) is 1.67. The first-order valence-electron chi connectivity index (χ1n) is 6.65. The van der Waals surface area contributed by atoms with Gasteiger partial charge in [-0.3, -0.25) is 0 Å². The lowest BCUT2D eigenvalue weighted by Crippen LogP contribution is -2.64. The molecule has 2 aliphatic carbocycles. The predicted octanol–water partition coefficient (Wildman–Crippen LogP) is 2.51. The van der Waals surface area contributed by atoms with Crippen molar-refractivity contribution in [1.29, 1.82) is 0 Å². The first-order valence-corrected chi connectivity index (χ1v) is 6.65. The Balaban J connectivity index is 1.74. The summed E-state index contributed by atoms with van der Waals surface area (Å²) in [5.74, 6) is 1.58. The number of hydrogen-bond acceptors (Lipinski definition) is 2. The van der Waals surface area contributed by atoms with Gasteiger partial charge < -0.3 is 9.47 Å². The predicted molar refractivity (Wildman–Crippen MR) is 56.7 cm³/mol. The summed E-state index contributed by atoms with van der Waals surface area (Å²) in [4.78, 5) is 0. The normalized spacial score (nSPS) is 51.2. The van der Waals surface area contributed by atoms with E-state index in [4.69, 9.17) is 9.47 Å². The third kappa shape index (κ3) is 0.861. The Bertz CT molecular complexity index is 271. The Morgan fingerprint density at radius 2 is 1.80 bits per heavy atom. The average Bonchev–Trinajstić information content (AvgIpc) is 2.69. The fraction of sp³-hybridized carbons (Fsp3) is 1.00. The summed E-state index contributed by atoms with van der Waals surface area (Å²) in [6.07, 6.45) is 9.30. The zero-order chi connectivity index (χ0) is 9.93. The molecule has 2 saturated carbocycles. The second-order valence-electron chi connectivity index (χ2n) is 5.93. The van der Waals surface area contributed by atoms with Crippen LogP contribution >= 0.6 is 0 Å². The SMILES string of the molecule is C1CCC2(CC1)OC[C@H]1C[C@@H]3CCO[C@@]312. The maximum Gasteiger partial charge on any atom is 0.105 e. The second kappa shape index (κ2) is 2.78. The van der Waals surface area contributed by atoms with Gasteiger partial charge in [-0.2, -0.15) is 0 Å². The fourth-order valence-corrected chi connectivity index (χ4v) is 4.90. The molecule has 4 rings (SSSR count). The number of ether oxygens (including phenoxy) is 2. The van der Waals surface area contributed by atoms with Gasteiger partial charge in [0.15, 0.2) is 0 Å². The molecule has 0 bridgehead atoms. The zero-order valence-corrected chi connectivity index (χ0v) is 9.34. The quantitative estimate of drug-likeness (QED) is 0.609. The van der Waals surface area contributed by atoms with E-state index in [0.29, 0.717) is 0 Å². The van der Waals surface area contributed by atoms with Gasteiger partial charge in [-0.25, -0.2) is 0 Å². The second-order valence-corrected chi connectivity index (χ2v) is 5.93. The third-order valence-electron chi connectivity index (χ3n) is 5.52. The topological polar surface area (TPSA) is 18.5 Å². The maximum absolute atomic E-state index is 6.25. The largest absolute Gasteiger partial charge is 0.372 e. The molecule has 0 N–H and O–H groups in total. The minimum absolute atomic E-state index is 0.148. The lowest BCUT2D eigenvalue weighted by molar-refractivity contribution is -0.201. The van der Waals surface area contributed by atoms with Crippen LogP contribution in [0.3, 0.4) is 0 Å². The molecule has 0 aromatic rings. The highest BCUT2D eigenvalue weighted by Crippen LogP contribution is 2.66. The van der Waals surface area contributed by atoms with Crippen molar-refractivity contribution >= 4 is 0 Å². The number of rotatable bonds is 0. The molecule has 4 fully saturated rings. The van der Waals surface area contributed by atoms with Crippen molar-refractivity contribution in [1.82, 2.24) is 0 Å². The summed E-state index contributed by atoms with van der Waals surface area (Å²) in [6, 6.07) is 0. The standard InChI is InChI=1S/C13H20O2/c1-2-5-12(6-3-1)13-10(4-7-14-13)8-11(13)9-15-12/h10-11H,1-9H2/t10-,11+,13-/m0/s1. The summed E-state index contributed by atoms with van der Waals surface area (Å²) in [6.45, 7) is 1.97. The van der Waals surface area contributed by atoms with Crippen molar-refractivity contribution in [3.8, 4) is 0 Å². The van der Waals surface area contributed by atoms with E-state index in [0.717, 1.165) is 25.0 Å². The van der Waals surface area contributed by atoms with Crippen LogP contribution in [0.2, 0.25) is 0 Å². The Morgan fingerprint density at radius 1 is 0.933 bits per heavy atom. The molecule has 2 spiro atoms. The minimum atomic E-state index is 0.148. The molecule has 2 heteroatoms. The van der Waals surface area contributed by atoms with E-state index in [-0.39, 0.29) is 11.2 Å². The van der Waals surface area contributed by atoms with Crippen LogP contribution in [-0.2, 0) is 9.47 Å². The molecule has 4 aliphatic rings. The van der Waals surface area contributed by atoms with Gasteiger partial charge in [-0.15, -0.1) is 0 Å². The molecule has 0 aromatic heterocycles. The van der Waals surface area contributed by atoms with Gasteiger partial charge in [0.1, 0.15) is 5.60 Å². The molecule has 2 aliphatic heterocycles. The zero-order valence-electron chi connectivity index (χ0n) is 9.34. The highest BCUT2D eigenvalue weighted by Gasteiger charge is 2.73. The monoisotopic (exact) mass is 208 g/mol. The molecular weight excluding hydrogens is 188 g/mol. The van der Waals surface area contributed by atoms with Gasteiger partial charge in [0.05, 0.1) is 12.2 Å². The van der Waals surface area contributed by atoms with E-state index in [1.807, 2.05) is 0 Å². The highest BCUT2D eigenvalue weighted by molar-refractivity contribution is 5.22. The summed E-state index contributed by atoms with van der Waals surface area (Å²) in [5, 5.41) is 0. The molecule has 84 valence electrons. The average molecular weight is 208 g/mol. The van der Waals surface area contributed by atoms with E-state index < -0.39 is 0 Å². The number of hydrogen-bond donors (Lipinski definition) is 0. The summed E-state index contributed by atoms with van der Waals surface area (Å²) >= 11 is 0. The van der Waals surface area contributed by atoms with Crippen LogP contribution in [0.5, 0.6) is 0 Å². The van der Waals surface area contributed by atoms with Crippen molar-refractivity contribution in [2.75, 3.05) is 13.2 Å². The molecule has 0 radical (unpaired) electrons. The van der Waals surface area contributed by atoms with Gasteiger partial charge in [0.2, 0.25) is 0 Å². The van der Waals surface area contributed by atoms with Crippen molar-refractivity contribution in [3.63, 3.8) is 0 Å². The minimum Gasteiger partial charge on any atom is -0.372 e. The van der Waals surface area contributed by atoms with Gasteiger partial charge in [0.25, 0.3) is 0 Å². The smallest absolute Gasteiger partial charge is 0.105 e. The lowest BCUT2D eigenvalue weighted by atomic mass is 9.53. The third-order valence-corrected chi connectivity index (χ3v) is 5.52. The van der Waals surface area contributed by atoms with Crippen LogP contribution in [0.25, 0.3) is 0 Å². The molecular formula is C13H20O2. The summed E-state index contributed by atoms with van der Waals surface area (Å²) < 4.78 is 12.5. The molecule has 0 unspecified atom stereocenters. The molecule has 0 aromatic carbocycles. The Hall–Kier alpha value is -0.0800. The summed E-state index contributed by atoms with van der Waals surface area (Å²) in [7, 11) is 0. The summed E-state index contributed by atoms with van der Waals surface area (Å²) in [5.41, 5.74) is 0.336. The van der Waals surface area contributed by atoms with Crippen LogP contribution in [-0.4, -0.2) is 24.4 Å². The van der Waals surface area contributed by atoms with Crippen LogP contribution in [0.4, 0.5) is 0 Å². The Labute approximate surface area is 91.3 Å². The van der Waals surface area contributed by atoms with E-state index in [1.165, 1.54) is 44.9 Å². The highest BCUT2D eigenvalue weighted by atomic mass is 16.6. The van der Waals surface area contributed by atoms with Crippen molar-refractivity contribution in [2.24, 2.45) is 11.8 Å². The van der Waals surface area contributed by atoms with Gasteiger partial charge in [-0.1, -0.05) is 19.3 Å². The molecule has 3 atom stereocenters. The van der Waals surface area contributed by atoms with Crippen molar-refractivity contribution in [2.45, 2.75) is 56.1 Å². The van der Waals surface area contributed by atoms with E-state index >= 15 is 0 Å². The van der Waals surface area contributed by atoms with Crippen molar-refractivity contribution < 1.29 is 9.47 Å². The Morgan fingerprint density at radius 3 is 2.60 bits per heavy atom. The van der Waals surface area contributed by atoms with Gasteiger partial charge in [-0.05, 0) is 31.6 Å². The molecule has 0 amide bonds. The molecule has 2 nitrogen and oxygen atoms in total.